The van der Waals surface area contributed by atoms with Crippen LogP contribution in [-0.2, 0) is 17.8 Å². The normalized spacial score (nSPS) is 17.9. The van der Waals surface area contributed by atoms with E-state index in [1.54, 1.807) is 23.1 Å². The number of fused-ring (bicyclic) bond motifs is 5. The maximum absolute atomic E-state index is 13.1. The van der Waals surface area contributed by atoms with E-state index in [4.69, 9.17) is 9.15 Å². The van der Waals surface area contributed by atoms with Gasteiger partial charge in [-0.3, -0.25) is 19.7 Å². The molecule has 1 saturated heterocycles. The van der Waals surface area contributed by atoms with Crippen LogP contribution in [-0.4, -0.2) is 40.0 Å². The van der Waals surface area contributed by atoms with Crippen molar-refractivity contribution < 1.29 is 18.9 Å². The first-order chi connectivity index (χ1) is 19.3. The summed E-state index contributed by atoms with van der Waals surface area (Å²) in [6.45, 7) is 2.91. The number of ether oxygens (including phenoxy) is 1. The molecule has 4 aromatic rings. The van der Waals surface area contributed by atoms with Crippen molar-refractivity contribution in [1.29, 1.82) is 0 Å². The third-order valence-electron chi connectivity index (χ3n) is 7.98. The van der Waals surface area contributed by atoms with Crippen molar-refractivity contribution in [2.24, 2.45) is 5.92 Å². The summed E-state index contributed by atoms with van der Waals surface area (Å²) in [4.78, 5) is 50.7. The average molecular weight is 542 g/mol. The Morgan fingerprint density at radius 1 is 1.07 bits per heavy atom. The van der Waals surface area contributed by atoms with Gasteiger partial charge in [0.15, 0.2) is 6.61 Å². The van der Waals surface area contributed by atoms with E-state index in [1.165, 1.54) is 10.6 Å². The number of carbonyl (C=O) groups excluding carboxylic acids is 1. The topological polar surface area (TPSA) is 125 Å². The number of amides is 1. The summed E-state index contributed by atoms with van der Waals surface area (Å²) in [6, 6.07) is 17.8. The van der Waals surface area contributed by atoms with E-state index in [2.05, 4.69) is 0 Å². The average Bonchev–Trinajstić information content (AvgIpc) is 2.94. The SMILES string of the molecule is Cc1c(Cc2ccccc2)c(=O)oc2cc(OCC(=O)N3CC4CC(C3)c3ccc([N+](=O)[O-])c(=O)n3C4)ccc12. The number of benzene rings is 2. The summed E-state index contributed by atoms with van der Waals surface area (Å²) in [6.07, 6.45) is 1.29. The van der Waals surface area contributed by atoms with E-state index >= 15 is 0 Å². The molecular formula is C30H27N3O7. The third kappa shape index (κ3) is 4.66. The minimum Gasteiger partial charge on any atom is -0.484 e. The van der Waals surface area contributed by atoms with Gasteiger partial charge in [-0.05, 0) is 48.6 Å². The lowest BCUT2D eigenvalue weighted by atomic mass is 9.83. The molecule has 0 aliphatic carbocycles. The molecule has 2 aliphatic rings. The molecule has 2 aromatic carbocycles. The molecule has 6 rings (SSSR count). The fraction of sp³-hybridized carbons (Fsp3) is 0.300. The zero-order valence-corrected chi connectivity index (χ0v) is 21.9. The number of nitro groups is 1. The lowest BCUT2D eigenvalue weighted by Gasteiger charge is -2.42. The molecule has 2 aliphatic heterocycles. The van der Waals surface area contributed by atoms with Crippen LogP contribution >= 0.6 is 0 Å². The van der Waals surface area contributed by atoms with Crippen molar-refractivity contribution in [3.8, 4) is 5.75 Å². The van der Waals surface area contributed by atoms with E-state index in [9.17, 15) is 24.5 Å². The highest BCUT2D eigenvalue weighted by Gasteiger charge is 2.37. The Balaban J connectivity index is 1.15. The number of nitrogens with zero attached hydrogens (tertiary/aromatic N) is 3. The molecule has 1 fully saturated rings. The van der Waals surface area contributed by atoms with Crippen molar-refractivity contribution in [3.63, 3.8) is 0 Å². The van der Waals surface area contributed by atoms with Crippen molar-refractivity contribution in [3.05, 3.63) is 114 Å². The number of rotatable bonds is 6. The largest absolute Gasteiger partial charge is 0.484 e. The molecule has 2 unspecified atom stereocenters. The summed E-state index contributed by atoms with van der Waals surface area (Å²) >= 11 is 0. The lowest BCUT2D eigenvalue weighted by Crippen LogP contribution is -2.50. The number of pyridine rings is 1. The van der Waals surface area contributed by atoms with E-state index < -0.39 is 21.8 Å². The van der Waals surface area contributed by atoms with Crippen LogP contribution in [0.3, 0.4) is 0 Å². The van der Waals surface area contributed by atoms with E-state index in [-0.39, 0.29) is 24.3 Å². The molecule has 10 nitrogen and oxygen atoms in total. The fourth-order valence-electron chi connectivity index (χ4n) is 5.98. The Bertz CT molecular complexity index is 1760. The molecule has 0 radical (unpaired) electrons. The summed E-state index contributed by atoms with van der Waals surface area (Å²) in [5.74, 6) is 0.176. The van der Waals surface area contributed by atoms with Gasteiger partial charge in [0.25, 0.3) is 5.91 Å². The van der Waals surface area contributed by atoms with E-state index in [0.29, 0.717) is 43.0 Å². The van der Waals surface area contributed by atoms with Crippen LogP contribution < -0.4 is 15.9 Å². The smallest absolute Gasteiger partial charge is 0.340 e. The zero-order valence-electron chi connectivity index (χ0n) is 21.9. The summed E-state index contributed by atoms with van der Waals surface area (Å²) < 4.78 is 12.9. The Morgan fingerprint density at radius 3 is 2.65 bits per heavy atom. The first-order valence-corrected chi connectivity index (χ1v) is 13.2. The molecule has 0 spiro atoms. The third-order valence-corrected chi connectivity index (χ3v) is 7.98. The van der Waals surface area contributed by atoms with Crippen LogP contribution in [0.2, 0.25) is 0 Å². The Kier molecular flexibility index (Phi) is 6.45. The van der Waals surface area contributed by atoms with Gasteiger partial charge in [-0.2, -0.15) is 0 Å². The van der Waals surface area contributed by atoms with Gasteiger partial charge in [-0.1, -0.05) is 30.3 Å². The Labute approximate surface area is 228 Å². The van der Waals surface area contributed by atoms with Gasteiger partial charge >= 0.3 is 16.9 Å². The Hall–Kier alpha value is -4.73. The number of piperidine rings is 1. The highest BCUT2D eigenvalue weighted by atomic mass is 16.6. The van der Waals surface area contributed by atoms with Gasteiger partial charge in [-0.25, -0.2) is 4.79 Å². The first-order valence-electron chi connectivity index (χ1n) is 13.2. The maximum Gasteiger partial charge on any atom is 0.340 e. The lowest BCUT2D eigenvalue weighted by molar-refractivity contribution is -0.386. The van der Waals surface area contributed by atoms with Gasteiger partial charge in [0.1, 0.15) is 11.3 Å². The molecule has 1 amide bonds. The van der Waals surface area contributed by atoms with Gasteiger partial charge in [0.05, 0.1) is 4.92 Å². The van der Waals surface area contributed by atoms with Gasteiger partial charge in [-0.15, -0.1) is 0 Å². The number of likely N-dealkylation sites (tertiary alicyclic amines) is 1. The van der Waals surface area contributed by atoms with Crippen molar-refractivity contribution >= 4 is 22.6 Å². The second kappa shape index (κ2) is 10.1. The fourth-order valence-corrected chi connectivity index (χ4v) is 5.98. The van der Waals surface area contributed by atoms with Crippen LogP contribution in [0.4, 0.5) is 5.69 Å². The minimum atomic E-state index is -0.657. The molecular weight excluding hydrogens is 514 g/mol. The molecule has 2 bridgehead atoms. The van der Waals surface area contributed by atoms with Gasteiger partial charge in [0.2, 0.25) is 0 Å². The van der Waals surface area contributed by atoms with Crippen LogP contribution in [0.1, 0.15) is 34.7 Å². The highest BCUT2D eigenvalue weighted by Crippen LogP contribution is 2.35. The summed E-state index contributed by atoms with van der Waals surface area (Å²) in [5, 5.41) is 12.0. The van der Waals surface area contributed by atoms with Crippen LogP contribution in [0, 0.1) is 23.0 Å². The quantitative estimate of drug-likeness (QED) is 0.207. The zero-order chi connectivity index (χ0) is 28.0. The molecule has 10 heteroatoms. The predicted molar refractivity (Wildman–Crippen MR) is 147 cm³/mol. The van der Waals surface area contributed by atoms with E-state index in [1.807, 2.05) is 43.3 Å². The molecule has 4 heterocycles. The number of hydrogen-bond donors (Lipinski definition) is 0. The number of carbonyl (C=O) groups is 1. The maximum atomic E-state index is 13.1. The van der Waals surface area contributed by atoms with Gasteiger partial charge in [0, 0.05) is 60.7 Å². The number of aryl methyl sites for hydroxylation is 1. The van der Waals surface area contributed by atoms with Crippen LogP contribution in [0.15, 0.2) is 74.7 Å². The number of aromatic nitrogens is 1. The van der Waals surface area contributed by atoms with Crippen molar-refractivity contribution in [2.75, 3.05) is 19.7 Å². The van der Waals surface area contributed by atoms with Crippen LogP contribution in [0.5, 0.6) is 5.75 Å². The molecule has 204 valence electrons. The Morgan fingerprint density at radius 2 is 1.88 bits per heavy atom. The molecule has 2 aromatic heterocycles. The van der Waals surface area contributed by atoms with Crippen molar-refractivity contribution in [1.82, 2.24) is 9.47 Å². The second-order valence-electron chi connectivity index (χ2n) is 10.5. The molecule has 0 saturated carbocycles. The summed E-state index contributed by atoms with van der Waals surface area (Å²) in [5.41, 5.74) is 2.18. The standard InChI is InChI=1S/C30H27N3O7/c1-18-23-8-7-22(13-27(23)40-30(36)24(18)12-19-5-3-2-4-6-19)39-17-28(34)31-14-20-11-21(16-31)25-9-10-26(33(37)38)29(35)32(25)15-20/h2-10,13,20-21H,11-12,14-17H2,1H3. The highest BCUT2D eigenvalue weighted by molar-refractivity contribution is 5.83. The van der Waals surface area contributed by atoms with Gasteiger partial charge < -0.3 is 18.6 Å². The monoisotopic (exact) mass is 541 g/mol. The molecule has 40 heavy (non-hydrogen) atoms. The van der Waals surface area contributed by atoms with E-state index in [0.717, 1.165) is 28.6 Å². The second-order valence-corrected chi connectivity index (χ2v) is 10.5. The summed E-state index contributed by atoms with van der Waals surface area (Å²) in [7, 11) is 0. The molecule has 2 atom stereocenters. The van der Waals surface area contributed by atoms with Crippen LogP contribution in [0.25, 0.3) is 11.0 Å². The number of hydrogen-bond acceptors (Lipinski definition) is 7. The first kappa shape index (κ1) is 25.5. The van der Waals surface area contributed by atoms with Crippen molar-refractivity contribution in [2.45, 2.75) is 32.2 Å². The molecule has 0 N–H and O–H groups in total. The minimum absolute atomic E-state index is 0.0258. The predicted octanol–water partition coefficient (Wildman–Crippen LogP) is 3.79.